The minimum atomic E-state index is 0.0505. The van der Waals surface area contributed by atoms with Gasteiger partial charge in [-0.05, 0) is 65.7 Å². The number of hydrogen-bond acceptors (Lipinski definition) is 6. The van der Waals surface area contributed by atoms with Crippen molar-refractivity contribution in [1.29, 1.82) is 0 Å². The molecule has 0 aliphatic carbocycles. The molecule has 1 amide bonds. The van der Waals surface area contributed by atoms with Crippen LogP contribution in [0.2, 0.25) is 0 Å². The fourth-order valence-electron chi connectivity index (χ4n) is 4.78. The van der Waals surface area contributed by atoms with E-state index in [-0.39, 0.29) is 11.9 Å². The molecule has 3 aromatic rings. The Morgan fingerprint density at radius 2 is 1.81 bits per heavy atom. The van der Waals surface area contributed by atoms with Crippen LogP contribution in [0.5, 0.6) is 0 Å². The van der Waals surface area contributed by atoms with Gasteiger partial charge in [-0.2, -0.15) is 0 Å². The Labute approximate surface area is 198 Å². The predicted molar refractivity (Wildman–Crippen MR) is 135 cm³/mol. The van der Waals surface area contributed by atoms with Crippen molar-refractivity contribution >= 4 is 40.0 Å². The molecule has 1 N–H and O–H groups in total. The Morgan fingerprint density at radius 3 is 2.53 bits per heavy atom. The van der Waals surface area contributed by atoms with E-state index in [0.717, 1.165) is 51.4 Å². The Balaban J connectivity index is 1.22. The van der Waals surface area contributed by atoms with Gasteiger partial charge in [0.1, 0.15) is 0 Å². The highest BCUT2D eigenvalue weighted by molar-refractivity contribution is 7.10. The van der Waals surface area contributed by atoms with Crippen molar-refractivity contribution in [3.05, 3.63) is 68.5 Å². The summed E-state index contributed by atoms with van der Waals surface area (Å²) in [6.07, 6.45) is 1.02. The van der Waals surface area contributed by atoms with E-state index in [1.54, 1.807) is 11.3 Å². The second-order valence-electron chi connectivity index (χ2n) is 8.45. The van der Waals surface area contributed by atoms with Gasteiger partial charge in [-0.25, -0.2) is 0 Å². The molecule has 0 radical (unpaired) electrons. The number of piperazine rings is 1. The van der Waals surface area contributed by atoms with Crippen molar-refractivity contribution in [2.45, 2.75) is 19.4 Å². The maximum atomic E-state index is 12.9. The van der Waals surface area contributed by atoms with Crippen LogP contribution in [-0.2, 0) is 11.2 Å². The van der Waals surface area contributed by atoms with Gasteiger partial charge in [0.25, 0.3) is 0 Å². The Morgan fingerprint density at radius 1 is 1.00 bits per heavy atom. The molecular formula is C25H30N4OS2. The standard InChI is InChI=1S/C25H30N4OS2/c1-2-27-12-14-28(15-13-27)20-7-5-19(6-8-20)26-24(30)18-29-11-9-22-21(10-17-32-22)25(29)23-4-3-16-31-23/h3-8,10,16-17,25H,2,9,11-15,18H2,1H3,(H,26,30). The Hall–Kier alpha value is -2.19. The van der Waals surface area contributed by atoms with E-state index >= 15 is 0 Å². The van der Waals surface area contributed by atoms with E-state index in [0.29, 0.717) is 6.54 Å². The van der Waals surface area contributed by atoms with Crippen molar-refractivity contribution in [2.75, 3.05) is 56.0 Å². The molecule has 1 fully saturated rings. The average Bonchev–Trinajstić information content (AvgIpc) is 3.52. The van der Waals surface area contributed by atoms with Crippen LogP contribution in [0.4, 0.5) is 11.4 Å². The first kappa shape index (κ1) is 21.6. The van der Waals surface area contributed by atoms with Crippen LogP contribution in [0.1, 0.15) is 28.3 Å². The van der Waals surface area contributed by atoms with Crippen LogP contribution in [0, 0.1) is 0 Å². The normalized spacial score (nSPS) is 19.7. The number of benzene rings is 1. The van der Waals surface area contributed by atoms with Crippen molar-refractivity contribution in [3.8, 4) is 0 Å². The monoisotopic (exact) mass is 466 g/mol. The smallest absolute Gasteiger partial charge is 0.238 e. The summed E-state index contributed by atoms with van der Waals surface area (Å²) >= 11 is 3.61. The highest BCUT2D eigenvalue weighted by atomic mass is 32.1. The molecule has 32 heavy (non-hydrogen) atoms. The van der Waals surface area contributed by atoms with Crippen LogP contribution in [-0.4, -0.2) is 61.5 Å². The molecule has 0 spiro atoms. The minimum absolute atomic E-state index is 0.0505. The molecule has 5 nitrogen and oxygen atoms in total. The van der Waals surface area contributed by atoms with Gasteiger partial charge in [-0.1, -0.05) is 13.0 Å². The topological polar surface area (TPSA) is 38.8 Å². The van der Waals surface area contributed by atoms with E-state index in [9.17, 15) is 4.79 Å². The molecule has 1 atom stereocenters. The van der Waals surface area contributed by atoms with Crippen molar-refractivity contribution in [1.82, 2.24) is 9.80 Å². The van der Waals surface area contributed by atoms with Crippen LogP contribution < -0.4 is 10.2 Å². The van der Waals surface area contributed by atoms with Crippen molar-refractivity contribution < 1.29 is 4.79 Å². The summed E-state index contributed by atoms with van der Waals surface area (Å²) in [4.78, 5) is 22.9. The molecule has 2 aliphatic heterocycles. The van der Waals surface area contributed by atoms with Crippen molar-refractivity contribution in [2.24, 2.45) is 0 Å². The zero-order valence-corrected chi connectivity index (χ0v) is 20.1. The molecule has 5 rings (SSSR count). The van der Waals surface area contributed by atoms with Gasteiger partial charge in [-0.15, -0.1) is 22.7 Å². The first-order valence-electron chi connectivity index (χ1n) is 11.4. The maximum absolute atomic E-state index is 12.9. The zero-order chi connectivity index (χ0) is 21.9. The van der Waals surface area contributed by atoms with Gasteiger partial charge < -0.3 is 15.1 Å². The minimum Gasteiger partial charge on any atom is -0.369 e. The number of amides is 1. The molecule has 7 heteroatoms. The SMILES string of the molecule is CCN1CCN(c2ccc(NC(=O)CN3CCc4sccc4C3c3cccs3)cc2)CC1. The largest absolute Gasteiger partial charge is 0.369 e. The highest BCUT2D eigenvalue weighted by Gasteiger charge is 2.31. The molecule has 4 heterocycles. The number of carbonyl (C=O) groups is 1. The third-order valence-electron chi connectivity index (χ3n) is 6.56. The predicted octanol–water partition coefficient (Wildman–Crippen LogP) is 4.54. The second kappa shape index (κ2) is 9.75. The number of carbonyl (C=O) groups excluding carboxylic acids is 1. The first-order valence-corrected chi connectivity index (χ1v) is 13.2. The number of rotatable bonds is 6. The zero-order valence-electron chi connectivity index (χ0n) is 18.5. The number of likely N-dealkylation sites (N-methyl/N-ethyl adjacent to an activating group) is 1. The summed E-state index contributed by atoms with van der Waals surface area (Å²) in [5.41, 5.74) is 3.47. The van der Waals surface area contributed by atoms with Crippen LogP contribution in [0.3, 0.4) is 0 Å². The third kappa shape index (κ3) is 4.62. The average molecular weight is 467 g/mol. The molecule has 0 saturated carbocycles. The molecular weight excluding hydrogens is 436 g/mol. The lowest BCUT2D eigenvalue weighted by Crippen LogP contribution is -2.46. The number of fused-ring (bicyclic) bond motifs is 1. The van der Waals surface area contributed by atoms with Crippen molar-refractivity contribution in [3.63, 3.8) is 0 Å². The lowest BCUT2D eigenvalue weighted by atomic mass is 9.98. The van der Waals surface area contributed by atoms with E-state index in [1.807, 2.05) is 23.5 Å². The molecule has 2 aliphatic rings. The van der Waals surface area contributed by atoms with Gasteiger partial charge in [0, 0.05) is 53.9 Å². The van der Waals surface area contributed by atoms with Gasteiger partial charge >= 0.3 is 0 Å². The molecule has 1 aromatic carbocycles. The first-order chi connectivity index (χ1) is 15.7. The van der Waals surface area contributed by atoms with E-state index in [1.165, 1.54) is 21.0 Å². The number of hydrogen-bond donors (Lipinski definition) is 1. The van der Waals surface area contributed by atoms with Gasteiger partial charge in [-0.3, -0.25) is 9.69 Å². The van der Waals surface area contributed by atoms with Gasteiger partial charge in [0.2, 0.25) is 5.91 Å². The molecule has 168 valence electrons. The maximum Gasteiger partial charge on any atom is 0.238 e. The van der Waals surface area contributed by atoms with Gasteiger partial charge in [0.15, 0.2) is 0 Å². The summed E-state index contributed by atoms with van der Waals surface area (Å²) < 4.78 is 0. The quantitative estimate of drug-likeness (QED) is 0.579. The Kier molecular flexibility index (Phi) is 6.59. The lowest BCUT2D eigenvalue weighted by Gasteiger charge is -2.35. The van der Waals surface area contributed by atoms with E-state index in [4.69, 9.17) is 0 Å². The number of anilines is 2. The van der Waals surface area contributed by atoms with E-state index in [2.05, 4.69) is 68.0 Å². The number of thiophene rings is 2. The summed E-state index contributed by atoms with van der Waals surface area (Å²) in [6.45, 7) is 9.00. The van der Waals surface area contributed by atoms with Crippen LogP contribution >= 0.6 is 22.7 Å². The third-order valence-corrected chi connectivity index (χ3v) is 8.48. The second-order valence-corrected chi connectivity index (χ2v) is 10.4. The van der Waals surface area contributed by atoms with E-state index < -0.39 is 0 Å². The lowest BCUT2D eigenvalue weighted by molar-refractivity contribution is -0.117. The fraction of sp³-hybridized carbons (Fsp3) is 0.400. The van der Waals surface area contributed by atoms with Crippen LogP contribution in [0.25, 0.3) is 0 Å². The fourth-order valence-corrected chi connectivity index (χ4v) is 6.56. The summed E-state index contributed by atoms with van der Waals surface area (Å²) in [5, 5.41) is 7.42. The Bertz CT molecular complexity index is 1020. The molecule has 1 saturated heterocycles. The number of nitrogens with one attached hydrogen (secondary N) is 1. The molecule has 1 unspecified atom stereocenters. The summed E-state index contributed by atoms with van der Waals surface area (Å²) in [5.74, 6) is 0.0505. The highest BCUT2D eigenvalue weighted by Crippen LogP contribution is 2.39. The van der Waals surface area contributed by atoms with Gasteiger partial charge in [0.05, 0.1) is 12.6 Å². The summed E-state index contributed by atoms with van der Waals surface area (Å²) in [6, 6.07) is 15.0. The number of nitrogens with zero attached hydrogens (tertiary/aromatic N) is 3. The summed E-state index contributed by atoms with van der Waals surface area (Å²) in [7, 11) is 0. The molecule has 0 bridgehead atoms. The molecule has 2 aromatic heterocycles. The van der Waals surface area contributed by atoms with Crippen LogP contribution in [0.15, 0.2) is 53.2 Å².